The van der Waals surface area contributed by atoms with Gasteiger partial charge in [0.05, 0.1) is 5.41 Å². The van der Waals surface area contributed by atoms with Gasteiger partial charge >= 0.3 is 5.97 Å². The van der Waals surface area contributed by atoms with E-state index in [9.17, 15) is 23.5 Å². The van der Waals surface area contributed by atoms with Crippen LogP contribution in [0.2, 0.25) is 0 Å². The topological polar surface area (TPSA) is 66.4 Å². The van der Waals surface area contributed by atoms with Gasteiger partial charge in [-0.1, -0.05) is 19.9 Å². The van der Waals surface area contributed by atoms with Gasteiger partial charge in [-0.3, -0.25) is 9.59 Å². The molecule has 2 unspecified atom stereocenters. The van der Waals surface area contributed by atoms with Crippen molar-refractivity contribution in [2.24, 2.45) is 11.3 Å². The van der Waals surface area contributed by atoms with Crippen LogP contribution in [0.25, 0.3) is 0 Å². The zero-order valence-corrected chi connectivity index (χ0v) is 13.2. The molecule has 2 atom stereocenters. The average Bonchev–Trinajstić information content (AvgIpc) is 3.31. The van der Waals surface area contributed by atoms with E-state index < -0.39 is 23.0 Å². The van der Waals surface area contributed by atoms with E-state index in [1.165, 1.54) is 6.07 Å². The average molecular weight is 325 g/mol. The third kappa shape index (κ3) is 3.51. The molecule has 0 heterocycles. The summed E-state index contributed by atoms with van der Waals surface area (Å²) >= 11 is 0. The number of hydrogen-bond donors (Lipinski definition) is 2. The molecule has 126 valence electrons. The zero-order valence-electron chi connectivity index (χ0n) is 13.2. The highest BCUT2D eigenvalue weighted by Crippen LogP contribution is 2.47. The number of carboxylic acid groups (broad SMARTS) is 1. The number of carboxylic acids is 1. The van der Waals surface area contributed by atoms with Crippen molar-refractivity contribution < 1.29 is 23.5 Å². The van der Waals surface area contributed by atoms with E-state index in [2.05, 4.69) is 5.32 Å². The van der Waals surface area contributed by atoms with Crippen molar-refractivity contribution in [2.75, 3.05) is 6.54 Å². The van der Waals surface area contributed by atoms with E-state index in [4.69, 9.17) is 0 Å². The quantitative estimate of drug-likeness (QED) is 0.809. The Labute approximate surface area is 133 Å². The van der Waals surface area contributed by atoms with Crippen molar-refractivity contribution in [1.29, 1.82) is 0 Å². The molecule has 1 aromatic carbocycles. The first-order valence-corrected chi connectivity index (χ1v) is 7.80. The van der Waals surface area contributed by atoms with Crippen molar-refractivity contribution >= 4 is 11.9 Å². The van der Waals surface area contributed by atoms with Crippen LogP contribution in [-0.4, -0.2) is 23.5 Å². The smallest absolute Gasteiger partial charge is 0.311 e. The Kier molecular flexibility index (Phi) is 5.02. The molecule has 0 radical (unpaired) electrons. The second kappa shape index (κ2) is 6.64. The number of benzene rings is 1. The van der Waals surface area contributed by atoms with E-state index in [0.717, 1.165) is 12.1 Å². The highest BCUT2D eigenvalue weighted by molar-refractivity contribution is 5.84. The lowest BCUT2D eigenvalue weighted by molar-refractivity contribution is -0.149. The summed E-state index contributed by atoms with van der Waals surface area (Å²) in [7, 11) is 0. The number of aliphatic carboxylic acids is 1. The predicted molar refractivity (Wildman–Crippen MR) is 80.9 cm³/mol. The molecule has 0 aromatic heterocycles. The van der Waals surface area contributed by atoms with E-state index in [-0.39, 0.29) is 24.3 Å². The fourth-order valence-electron chi connectivity index (χ4n) is 2.86. The molecule has 0 saturated heterocycles. The summed E-state index contributed by atoms with van der Waals surface area (Å²) in [5.41, 5.74) is -0.360. The molecule has 1 aromatic rings. The van der Waals surface area contributed by atoms with Crippen molar-refractivity contribution in [3.63, 3.8) is 0 Å². The van der Waals surface area contributed by atoms with Gasteiger partial charge < -0.3 is 10.4 Å². The number of carbonyl (C=O) groups excluding carboxylic acids is 1. The van der Waals surface area contributed by atoms with Gasteiger partial charge in [0, 0.05) is 12.5 Å². The summed E-state index contributed by atoms with van der Waals surface area (Å²) < 4.78 is 26.2. The van der Waals surface area contributed by atoms with Crippen LogP contribution in [-0.2, 0) is 9.59 Å². The van der Waals surface area contributed by atoms with Crippen LogP contribution in [0.1, 0.15) is 44.6 Å². The first kappa shape index (κ1) is 17.4. The molecular weight excluding hydrogens is 304 g/mol. The molecular formula is C17H21F2NO3. The Hall–Kier alpha value is -1.98. The van der Waals surface area contributed by atoms with Crippen LogP contribution in [0.5, 0.6) is 0 Å². The molecule has 2 rings (SSSR count). The maximum Gasteiger partial charge on any atom is 0.311 e. The number of halogens is 2. The second-order valence-electron chi connectivity index (χ2n) is 6.13. The summed E-state index contributed by atoms with van der Waals surface area (Å²) in [6.07, 6.45) is 1.42. The van der Waals surface area contributed by atoms with Crippen molar-refractivity contribution in [1.82, 2.24) is 5.32 Å². The highest BCUT2D eigenvalue weighted by Gasteiger charge is 2.45. The van der Waals surface area contributed by atoms with Gasteiger partial charge in [-0.25, -0.2) is 8.78 Å². The Bertz CT molecular complexity index is 614. The summed E-state index contributed by atoms with van der Waals surface area (Å²) in [4.78, 5) is 23.6. The zero-order chi connectivity index (χ0) is 17.2. The maximum atomic E-state index is 13.2. The number of rotatable bonds is 7. The standard InChI is InChI=1S/C17H21F2NO3/c1-3-17(4-2,16(22)23)9-20-15(21)12-8-11(12)10-5-6-13(18)14(19)7-10/h5-7,11-12H,3-4,8-9H2,1-2H3,(H,20,21)(H,22,23). The monoisotopic (exact) mass is 325 g/mol. The fraction of sp³-hybridized carbons (Fsp3) is 0.529. The molecule has 1 aliphatic carbocycles. The maximum absolute atomic E-state index is 13.2. The van der Waals surface area contributed by atoms with Gasteiger partial charge in [-0.2, -0.15) is 0 Å². The van der Waals surface area contributed by atoms with Gasteiger partial charge in [0.15, 0.2) is 11.6 Å². The second-order valence-corrected chi connectivity index (χ2v) is 6.13. The number of nitrogens with one attached hydrogen (secondary N) is 1. The Morgan fingerprint density at radius 1 is 1.26 bits per heavy atom. The predicted octanol–water partition coefficient (Wildman–Crippen LogP) is 3.08. The Morgan fingerprint density at radius 2 is 1.91 bits per heavy atom. The molecule has 2 N–H and O–H groups in total. The number of amides is 1. The van der Waals surface area contributed by atoms with E-state index in [1.807, 2.05) is 0 Å². The lowest BCUT2D eigenvalue weighted by Crippen LogP contribution is -2.43. The van der Waals surface area contributed by atoms with Crippen molar-refractivity contribution in [3.8, 4) is 0 Å². The lowest BCUT2D eigenvalue weighted by atomic mass is 9.82. The van der Waals surface area contributed by atoms with E-state index >= 15 is 0 Å². The van der Waals surface area contributed by atoms with Crippen LogP contribution in [0.3, 0.4) is 0 Å². The summed E-state index contributed by atoms with van der Waals surface area (Å²) in [5, 5.41) is 12.1. The minimum absolute atomic E-state index is 0.0785. The molecule has 23 heavy (non-hydrogen) atoms. The van der Waals surface area contributed by atoms with Gasteiger partial charge in [0.25, 0.3) is 0 Å². The van der Waals surface area contributed by atoms with Gasteiger partial charge in [-0.15, -0.1) is 0 Å². The van der Waals surface area contributed by atoms with Gasteiger partial charge in [0.1, 0.15) is 0 Å². The lowest BCUT2D eigenvalue weighted by Gasteiger charge is -2.26. The van der Waals surface area contributed by atoms with Crippen LogP contribution < -0.4 is 5.32 Å². The molecule has 0 bridgehead atoms. The SMILES string of the molecule is CCC(CC)(CNC(=O)C1CC1c1ccc(F)c(F)c1)C(=O)O. The molecule has 1 amide bonds. The Morgan fingerprint density at radius 3 is 2.43 bits per heavy atom. The highest BCUT2D eigenvalue weighted by atomic mass is 19.2. The van der Waals surface area contributed by atoms with Crippen LogP contribution in [0.4, 0.5) is 8.78 Å². The minimum Gasteiger partial charge on any atom is -0.481 e. The van der Waals surface area contributed by atoms with Crippen molar-refractivity contribution in [3.05, 3.63) is 35.4 Å². The normalized spacial score (nSPS) is 20.2. The third-order valence-electron chi connectivity index (χ3n) is 4.91. The largest absolute Gasteiger partial charge is 0.481 e. The van der Waals surface area contributed by atoms with Gasteiger partial charge in [0.2, 0.25) is 5.91 Å². The van der Waals surface area contributed by atoms with Crippen LogP contribution in [0.15, 0.2) is 18.2 Å². The van der Waals surface area contributed by atoms with Gasteiger partial charge in [-0.05, 0) is 42.9 Å². The molecule has 1 saturated carbocycles. The van der Waals surface area contributed by atoms with Crippen LogP contribution >= 0.6 is 0 Å². The summed E-state index contributed by atoms with van der Waals surface area (Å²) in [6.45, 7) is 3.64. The molecule has 4 nitrogen and oxygen atoms in total. The minimum atomic E-state index is -0.956. The number of carbonyl (C=O) groups is 2. The third-order valence-corrected chi connectivity index (χ3v) is 4.91. The van der Waals surface area contributed by atoms with Crippen molar-refractivity contribution in [2.45, 2.75) is 39.0 Å². The molecule has 6 heteroatoms. The van der Waals surface area contributed by atoms with E-state index in [1.54, 1.807) is 13.8 Å². The first-order chi connectivity index (χ1) is 10.8. The summed E-state index contributed by atoms with van der Waals surface area (Å²) in [5.74, 6) is -3.42. The summed E-state index contributed by atoms with van der Waals surface area (Å²) in [6, 6.07) is 3.66. The van der Waals surface area contributed by atoms with Crippen LogP contribution in [0, 0.1) is 23.0 Å². The first-order valence-electron chi connectivity index (χ1n) is 7.80. The molecule has 1 aliphatic rings. The fourth-order valence-corrected chi connectivity index (χ4v) is 2.86. The molecule has 0 aliphatic heterocycles. The Balaban J connectivity index is 1.95. The molecule has 0 spiro atoms. The molecule has 1 fully saturated rings. The van der Waals surface area contributed by atoms with E-state index in [0.29, 0.717) is 24.8 Å². The number of hydrogen-bond acceptors (Lipinski definition) is 2.